The van der Waals surface area contributed by atoms with Gasteiger partial charge in [0.25, 0.3) is 0 Å². The number of hydrogen-bond donors (Lipinski definition) is 2. The van der Waals surface area contributed by atoms with Crippen molar-refractivity contribution in [3.05, 3.63) is 52.1 Å². The van der Waals surface area contributed by atoms with Gasteiger partial charge < -0.3 is 19.9 Å². The molecule has 1 aromatic carbocycles. The first-order valence-electron chi connectivity index (χ1n) is 8.49. The number of carbonyl (C=O) groups excluding carboxylic acids is 1. The van der Waals surface area contributed by atoms with E-state index < -0.39 is 5.82 Å². The number of hydrogen-bond acceptors (Lipinski definition) is 5. The Kier molecular flexibility index (Phi) is 6.24. The third-order valence-electron chi connectivity index (χ3n) is 4.26. The van der Waals surface area contributed by atoms with Crippen molar-refractivity contribution in [1.82, 2.24) is 15.8 Å². The van der Waals surface area contributed by atoms with Crippen LogP contribution in [-0.2, 0) is 16.0 Å². The summed E-state index contributed by atoms with van der Waals surface area (Å²) in [6.45, 7) is 4.06. The average Bonchev–Trinajstić information content (AvgIpc) is 2.88. The summed E-state index contributed by atoms with van der Waals surface area (Å²) in [7, 11) is 0. The lowest BCUT2D eigenvalue weighted by Gasteiger charge is -2.25. The van der Waals surface area contributed by atoms with Crippen LogP contribution in [0.5, 0.6) is 0 Å². The molecule has 0 saturated carbocycles. The Labute approximate surface area is 156 Å². The molecule has 1 aromatic heterocycles. The Morgan fingerprint density at radius 2 is 2.31 bits per heavy atom. The molecule has 1 fully saturated rings. The Morgan fingerprint density at radius 3 is 3.04 bits per heavy atom. The molecule has 1 amide bonds. The number of carbonyl (C=O) groups is 1. The molecule has 26 heavy (non-hydrogen) atoms. The molecule has 2 atom stereocenters. The Balaban J connectivity index is 1.64. The van der Waals surface area contributed by atoms with Gasteiger partial charge in [0.1, 0.15) is 11.6 Å². The maximum Gasteiger partial charge on any atom is 0.227 e. The lowest BCUT2D eigenvalue weighted by Crippen LogP contribution is -2.37. The van der Waals surface area contributed by atoms with E-state index in [-0.39, 0.29) is 29.4 Å². The lowest BCUT2D eigenvalue weighted by atomic mass is 9.95. The quantitative estimate of drug-likeness (QED) is 0.831. The van der Waals surface area contributed by atoms with Crippen molar-refractivity contribution in [2.24, 2.45) is 5.92 Å². The second kappa shape index (κ2) is 8.62. The smallest absolute Gasteiger partial charge is 0.227 e. The molecule has 1 aliphatic rings. The van der Waals surface area contributed by atoms with Crippen molar-refractivity contribution >= 4 is 17.5 Å². The van der Waals surface area contributed by atoms with Crippen LogP contribution in [0.3, 0.4) is 0 Å². The monoisotopic (exact) mass is 381 g/mol. The van der Waals surface area contributed by atoms with Crippen molar-refractivity contribution in [3.63, 3.8) is 0 Å². The van der Waals surface area contributed by atoms with Gasteiger partial charge in [-0.3, -0.25) is 4.79 Å². The summed E-state index contributed by atoms with van der Waals surface area (Å²) in [5.74, 6) is -0.162. The van der Waals surface area contributed by atoms with Gasteiger partial charge >= 0.3 is 0 Å². The first-order chi connectivity index (χ1) is 12.5. The van der Waals surface area contributed by atoms with E-state index in [0.717, 1.165) is 5.69 Å². The molecule has 0 unspecified atom stereocenters. The number of nitrogens with one attached hydrogen (secondary N) is 2. The highest BCUT2D eigenvalue weighted by molar-refractivity contribution is 6.30. The molecule has 1 saturated heterocycles. The lowest BCUT2D eigenvalue weighted by molar-refractivity contribution is -0.121. The molecule has 2 heterocycles. The van der Waals surface area contributed by atoms with Crippen LogP contribution in [0.15, 0.2) is 28.8 Å². The maximum absolute atomic E-state index is 13.8. The van der Waals surface area contributed by atoms with Crippen molar-refractivity contribution in [2.45, 2.75) is 19.4 Å². The van der Waals surface area contributed by atoms with Crippen LogP contribution in [0.2, 0.25) is 5.02 Å². The first-order valence-corrected chi connectivity index (χ1v) is 8.87. The highest BCUT2D eigenvalue weighted by atomic mass is 35.5. The van der Waals surface area contributed by atoms with Gasteiger partial charge in [0.2, 0.25) is 5.91 Å². The molecule has 3 rings (SSSR count). The Morgan fingerprint density at radius 1 is 1.46 bits per heavy atom. The SMILES string of the molecule is Cc1cc(CC(=O)NC[C@@H]2CNCCO[C@H]2c2ccc(Cl)c(F)c2)on1. The van der Waals surface area contributed by atoms with E-state index in [4.69, 9.17) is 20.9 Å². The number of halogens is 2. The number of nitrogens with zero attached hydrogens (tertiary/aromatic N) is 1. The minimum absolute atomic E-state index is 0.0431. The van der Waals surface area contributed by atoms with Gasteiger partial charge in [-0.15, -0.1) is 0 Å². The maximum atomic E-state index is 13.8. The zero-order valence-electron chi connectivity index (χ0n) is 14.4. The Bertz CT molecular complexity index is 768. The van der Waals surface area contributed by atoms with Crippen molar-refractivity contribution in [1.29, 1.82) is 0 Å². The van der Waals surface area contributed by atoms with Gasteiger partial charge in [0, 0.05) is 31.6 Å². The minimum atomic E-state index is -0.478. The predicted octanol–water partition coefficient (Wildman–Crippen LogP) is 2.41. The highest BCUT2D eigenvalue weighted by Gasteiger charge is 2.27. The molecule has 6 nitrogen and oxygen atoms in total. The van der Waals surface area contributed by atoms with Gasteiger partial charge in [0.05, 0.1) is 29.8 Å². The fourth-order valence-corrected chi connectivity index (χ4v) is 3.11. The predicted molar refractivity (Wildman–Crippen MR) is 94.4 cm³/mol. The topological polar surface area (TPSA) is 76.4 Å². The largest absolute Gasteiger partial charge is 0.372 e. The summed E-state index contributed by atoms with van der Waals surface area (Å²) in [4.78, 5) is 12.2. The van der Waals surface area contributed by atoms with Crippen LogP contribution in [-0.4, -0.2) is 37.3 Å². The van der Waals surface area contributed by atoms with Crippen LogP contribution in [0, 0.1) is 18.7 Å². The van der Waals surface area contributed by atoms with Gasteiger partial charge in [-0.25, -0.2) is 4.39 Å². The number of benzene rings is 1. The fraction of sp³-hybridized carbons (Fsp3) is 0.444. The van der Waals surface area contributed by atoms with E-state index in [9.17, 15) is 9.18 Å². The van der Waals surface area contributed by atoms with E-state index in [0.29, 0.717) is 37.6 Å². The second-order valence-electron chi connectivity index (χ2n) is 6.34. The number of amides is 1. The minimum Gasteiger partial charge on any atom is -0.372 e. The highest BCUT2D eigenvalue weighted by Crippen LogP contribution is 2.29. The van der Waals surface area contributed by atoms with E-state index in [2.05, 4.69) is 15.8 Å². The zero-order chi connectivity index (χ0) is 18.5. The van der Waals surface area contributed by atoms with Crippen molar-refractivity contribution in [2.75, 3.05) is 26.2 Å². The van der Waals surface area contributed by atoms with E-state index in [1.165, 1.54) is 12.1 Å². The number of aryl methyl sites for hydroxylation is 1. The molecule has 0 bridgehead atoms. The third-order valence-corrected chi connectivity index (χ3v) is 4.56. The van der Waals surface area contributed by atoms with Crippen LogP contribution in [0.25, 0.3) is 0 Å². The normalized spacial score (nSPS) is 20.6. The van der Waals surface area contributed by atoms with E-state index >= 15 is 0 Å². The van der Waals surface area contributed by atoms with E-state index in [1.807, 2.05) is 0 Å². The summed E-state index contributed by atoms with van der Waals surface area (Å²) in [6, 6.07) is 6.41. The van der Waals surface area contributed by atoms with Gasteiger partial charge in [-0.1, -0.05) is 22.8 Å². The molecule has 0 radical (unpaired) electrons. The standard InChI is InChI=1S/C18H21ClFN3O3/c1-11-6-14(26-23-11)8-17(24)22-10-13-9-21-4-5-25-18(13)12-2-3-15(19)16(20)7-12/h2-3,6-7,13,18,21H,4-5,8-10H2,1H3,(H,22,24)/t13-,18-/m0/s1. The molecule has 1 aliphatic heterocycles. The summed E-state index contributed by atoms with van der Waals surface area (Å²) in [5.41, 5.74) is 1.44. The molecule has 0 aliphatic carbocycles. The van der Waals surface area contributed by atoms with Gasteiger partial charge in [-0.2, -0.15) is 0 Å². The van der Waals surface area contributed by atoms with Crippen LogP contribution < -0.4 is 10.6 Å². The van der Waals surface area contributed by atoms with Crippen molar-refractivity contribution in [3.8, 4) is 0 Å². The van der Waals surface area contributed by atoms with Crippen LogP contribution in [0.1, 0.15) is 23.1 Å². The third kappa shape index (κ3) is 4.81. The van der Waals surface area contributed by atoms with Crippen LogP contribution >= 0.6 is 11.6 Å². The summed E-state index contributed by atoms with van der Waals surface area (Å²) >= 11 is 5.77. The molecule has 140 valence electrons. The zero-order valence-corrected chi connectivity index (χ0v) is 15.2. The van der Waals surface area contributed by atoms with Gasteiger partial charge in [0.15, 0.2) is 0 Å². The van der Waals surface area contributed by atoms with Gasteiger partial charge in [-0.05, 0) is 24.6 Å². The molecule has 0 spiro atoms. The molecule has 2 aromatic rings. The molecular weight excluding hydrogens is 361 g/mol. The summed E-state index contributed by atoms with van der Waals surface area (Å²) < 4.78 is 24.8. The van der Waals surface area contributed by atoms with Crippen LogP contribution in [0.4, 0.5) is 4.39 Å². The fourth-order valence-electron chi connectivity index (χ4n) is 2.99. The first kappa shape index (κ1) is 18.8. The molecule has 8 heteroatoms. The number of rotatable bonds is 5. The average molecular weight is 382 g/mol. The number of aromatic nitrogens is 1. The molecular formula is C18H21ClFN3O3. The van der Waals surface area contributed by atoms with Crippen molar-refractivity contribution < 1.29 is 18.4 Å². The van der Waals surface area contributed by atoms with E-state index in [1.54, 1.807) is 19.1 Å². The number of ether oxygens (including phenoxy) is 1. The summed E-state index contributed by atoms with van der Waals surface area (Å²) in [6.07, 6.45) is -0.202. The summed E-state index contributed by atoms with van der Waals surface area (Å²) in [5, 5.41) is 10.0. The molecule has 2 N–H and O–H groups in total. The second-order valence-corrected chi connectivity index (χ2v) is 6.75. The Hall–Kier alpha value is -1.96.